The van der Waals surface area contributed by atoms with Crippen LogP contribution in [-0.4, -0.2) is 68.8 Å². The van der Waals surface area contributed by atoms with E-state index < -0.39 is 6.23 Å². The summed E-state index contributed by atoms with van der Waals surface area (Å²) >= 11 is 1.60. The quantitative estimate of drug-likeness (QED) is 0.518. The van der Waals surface area contributed by atoms with Crippen LogP contribution in [0.4, 0.5) is 5.69 Å². The third kappa shape index (κ3) is 5.34. The predicted molar refractivity (Wildman–Crippen MR) is 138 cm³/mol. The molecule has 1 saturated carbocycles. The molecule has 3 unspecified atom stereocenters. The number of thiazole rings is 1. The first-order valence-electron chi connectivity index (χ1n) is 12.4. The number of carbonyl (C=O) groups is 1. The number of nitrogens with zero attached hydrogens (tertiary/aromatic N) is 6. The summed E-state index contributed by atoms with van der Waals surface area (Å²) in [5, 5.41) is 11.8. The molecule has 2 fully saturated rings. The Labute approximate surface area is 215 Å². The van der Waals surface area contributed by atoms with Crippen LogP contribution in [0.15, 0.2) is 36.9 Å². The Kier molecular flexibility index (Phi) is 7.15. The van der Waals surface area contributed by atoms with E-state index in [1.165, 1.54) is 0 Å². The van der Waals surface area contributed by atoms with E-state index in [4.69, 9.17) is 4.74 Å². The molecule has 190 valence electrons. The number of anilines is 1. The summed E-state index contributed by atoms with van der Waals surface area (Å²) in [5.41, 5.74) is 1.58. The molecule has 5 rings (SSSR count). The average molecular weight is 509 g/mol. The molecule has 3 aromatic rings. The van der Waals surface area contributed by atoms with Crippen molar-refractivity contribution in [3.8, 4) is 16.5 Å². The first-order valence-corrected chi connectivity index (χ1v) is 13.2. The van der Waals surface area contributed by atoms with E-state index >= 15 is 0 Å². The maximum absolute atomic E-state index is 12.2. The summed E-state index contributed by atoms with van der Waals surface area (Å²) in [4.78, 5) is 34.9. The smallest absolute Gasteiger partial charge is 0.225 e. The van der Waals surface area contributed by atoms with Crippen LogP contribution in [-0.2, 0) is 11.2 Å². The van der Waals surface area contributed by atoms with Gasteiger partial charge in [0, 0.05) is 50.5 Å². The number of pyridine rings is 1. The van der Waals surface area contributed by atoms with E-state index in [1.807, 2.05) is 44.2 Å². The van der Waals surface area contributed by atoms with Gasteiger partial charge in [-0.15, -0.1) is 11.3 Å². The summed E-state index contributed by atoms with van der Waals surface area (Å²) < 4.78 is 6.05. The minimum Gasteiger partial charge on any atom is -0.484 e. The van der Waals surface area contributed by atoms with E-state index in [-0.39, 0.29) is 17.9 Å². The molecule has 4 atom stereocenters. The Bertz CT molecular complexity index is 1180. The number of aromatic nitrogens is 4. The minimum atomic E-state index is -0.798. The SMILES string of the molecule is Cc1cnc(-c2ccc(O[C@@H]3CCN(c4cnc(CC5CCC(C(=O)N(C)C)C5)nc4)C3O)cn2)s1. The van der Waals surface area contributed by atoms with Gasteiger partial charge >= 0.3 is 0 Å². The average Bonchev–Trinajstić information content (AvgIpc) is 3.61. The molecule has 1 saturated heterocycles. The van der Waals surface area contributed by atoms with Crippen molar-refractivity contribution in [1.82, 2.24) is 24.8 Å². The summed E-state index contributed by atoms with van der Waals surface area (Å²) in [5.74, 6) is 2.16. The maximum Gasteiger partial charge on any atom is 0.225 e. The van der Waals surface area contributed by atoms with Crippen LogP contribution in [0, 0.1) is 18.8 Å². The van der Waals surface area contributed by atoms with Crippen LogP contribution < -0.4 is 9.64 Å². The molecule has 1 aliphatic carbocycles. The molecule has 1 amide bonds. The van der Waals surface area contributed by atoms with Gasteiger partial charge in [-0.1, -0.05) is 0 Å². The third-order valence-electron chi connectivity index (χ3n) is 7.00. The van der Waals surface area contributed by atoms with Crippen molar-refractivity contribution in [2.24, 2.45) is 11.8 Å². The molecule has 0 bridgehead atoms. The second-order valence-electron chi connectivity index (χ2n) is 9.88. The Morgan fingerprint density at radius 3 is 2.58 bits per heavy atom. The fraction of sp³-hybridized carbons (Fsp3) is 0.500. The molecule has 0 spiro atoms. The lowest BCUT2D eigenvalue weighted by atomic mass is 10.0. The Balaban J connectivity index is 1.15. The number of aryl methyl sites for hydroxylation is 1. The van der Waals surface area contributed by atoms with E-state index in [0.717, 1.165) is 52.8 Å². The lowest BCUT2D eigenvalue weighted by molar-refractivity contribution is -0.132. The molecular weight excluding hydrogens is 476 g/mol. The summed E-state index contributed by atoms with van der Waals surface area (Å²) in [6, 6.07) is 3.76. The van der Waals surface area contributed by atoms with Crippen molar-refractivity contribution < 1.29 is 14.6 Å². The first-order chi connectivity index (χ1) is 17.4. The second kappa shape index (κ2) is 10.5. The highest BCUT2D eigenvalue weighted by molar-refractivity contribution is 7.14. The largest absolute Gasteiger partial charge is 0.484 e. The van der Waals surface area contributed by atoms with E-state index in [2.05, 4.69) is 19.9 Å². The molecule has 9 nitrogen and oxygen atoms in total. The topological polar surface area (TPSA) is 105 Å². The molecular formula is C26H32N6O3S. The molecule has 0 aromatic carbocycles. The number of hydrogen-bond donors (Lipinski definition) is 1. The molecule has 1 N–H and O–H groups in total. The van der Waals surface area contributed by atoms with Crippen molar-refractivity contribution in [3.05, 3.63) is 47.6 Å². The Morgan fingerprint density at radius 2 is 1.92 bits per heavy atom. The van der Waals surface area contributed by atoms with Crippen LogP contribution in [0.2, 0.25) is 0 Å². The number of rotatable bonds is 7. The summed E-state index contributed by atoms with van der Waals surface area (Å²) in [7, 11) is 3.63. The minimum absolute atomic E-state index is 0.115. The van der Waals surface area contributed by atoms with Crippen LogP contribution in [0.1, 0.15) is 36.4 Å². The highest BCUT2D eigenvalue weighted by atomic mass is 32.1. The zero-order chi connectivity index (χ0) is 25.2. The van der Waals surface area contributed by atoms with Crippen molar-refractivity contribution in [1.29, 1.82) is 0 Å². The van der Waals surface area contributed by atoms with Gasteiger partial charge < -0.3 is 19.6 Å². The van der Waals surface area contributed by atoms with Crippen molar-refractivity contribution >= 4 is 22.9 Å². The zero-order valence-electron chi connectivity index (χ0n) is 20.9. The molecule has 2 aliphatic rings. The van der Waals surface area contributed by atoms with Gasteiger partial charge in [-0.05, 0) is 44.2 Å². The fourth-order valence-electron chi connectivity index (χ4n) is 5.08. The third-order valence-corrected chi connectivity index (χ3v) is 7.93. The summed E-state index contributed by atoms with van der Waals surface area (Å²) in [6.45, 7) is 2.67. The van der Waals surface area contributed by atoms with Gasteiger partial charge in [0.25, 0.3) is 0 Å². The number of hydrogen-bond acceptors (Lipinski definition) is 9. The highest BCUT2D eigenvalue weighted by Crippen LogP contribution is 2.34. The molecule has 10 heteroatoms. The van der Waals surface area contributed by atoms with Gasteiger partial charge in [0.2, 0.25) is 5.91 Å². The standard InChI is InChI=1S/C26H32N6O3S/c1-16-12-30-24(36-16)21-7-6-20(15-27-21)35-22-8-9-32(26(22)34)19-13-28-23(29-14-19)11-17-4-5-18(10-17)25(33)31(2)3/h6-7,12-15,17-18,22,26,34H,4-5,8-11H2,1-3H3/t17?,18?,22-,26?/m1/s1. The summed E-state index contributed by atoms with van der Waals surface area (Å²) in [6.07, 6.45) is 10.2. The van der Waals surface area contributed by atoms with Crippen LogP contribution >= 0.6 is 11.3 Å². The first kappa shape index (κ1) is 24.6. The molecule has 0 radical (unpaired) electrons. The van der Waals surface area contributed by atoms with Crippen molar-refractivity contribution in [3.63, 3.8) is 0 Å². The highest BCUT2D eigenvalue weighted by Gasteiger charge is 2.35. The molecule has 4 heterocycles. The maximum atomic E-state index is 12.2. The molecule has 36 heavy (non-hydrogen) atoms. The molecule has 1 aliphatic heterocycles. The van der Waals surface area contributed by atoms with Crippen LogP contribution in [0.5, 0.6) is 5.75 Å². The van der Waals surface area contributed by atoms with Gasteiger partial charge in [-0.25, -0.2) is 19.9 Å². The zero-order valence-corrected chi connectivity index (χ0v) is 21.7. The van der Waals surface area contributed by atoms with Gasteiger partial charge in [-0.3, -0.25) is 4.79 Å². The van der Waals surface area contributed by atoms with Gasteiger partial charge in [0.15, 0.2) is 6.23 Å². The lowest BCUT2D eigenvalue weighted by Crippen LogP contribution is -2.37. The van der Waals surface area contributed by atoms with Gasteiger partial charge in [0.05, 0.1) is 30.0 Å². The van der Waals surface area contributed by atoms with E-state index in [1.54, 1.807) is 34.8 Å². The van der Waals surface area contributed by atoms with Crippen molar-refractivity contribution in [2.75, 3.05) is 25.5 Å². The van der Waals surface area contributed by atoms with Gasteiger partial charge in [-0.2, -0.15) is 0 Å². The monoisotopic (exact) mass is 508 g/mol. The molecule has 3 aromatic heterocycles. The fourth-order valence-corrected chi connectivity index (χ4v) is 5.83. The van der Waals surface area contributed by atoms with Gasteiger partial charge in [0.1, 0.15) is 22.7 Å². The van der Waals surface area contributed by atoms with Crippen molar-refractivity contribution in [2.45, 2.75) is 51.4 Å². The number of amides is 1. The number of aliphatic hydroxyl groups excluding tert-OH is 1. The van der Waals surface area contributed by atoms with Crippen LogP contribution in [0.25, 0.3) is 10.7 Å². The number of ether oxygens (including phenoxy) is 1. The number of aliphatic hydroxyl groups is 1. The lowest BCUT2D eigenvalue weighted by Gasteiger charge is -2.25. The van der Waals surface area contributed by atoms with Crippen LogP contribution in [0.3, 0.4) is 0 Å². The Hall–Kier alpha value is -3.11. The van der Waals surface area contributed by atoms with E-state index in [9.17, 15) is 9.90 Å². The Morgan fingerprint density at radius 1 is 1.11 bits per heavy atom. The number of carbonyl (C=O) groups excluding carboxylic acids is 1. The second-order valence-corrected chi connectivity index (χ2v) is 11.1. The van der Waals surface area contributed by atoms with E-state index in [0.29, 0.717) is 24.6 Å². The normalized spacial score (nSPS) is 23.7. The predicted octanol–water partition coefficient (Wildman–Crippen LogP) is 3.33.